The number of esters is 1. The number of ether oxygens (including phenoxy) is 2. The highest BCUT2D eigenvalue weighted by Crippen LogP contribution is 2.48. The maximum atomic E-state index is 13.2. The number of halogens is 1. The molecule has 0 atom stereocenters. The van der Waals surface area contributed by atoms with Crippen molar-refractivity contribution < 1.29 is 18.7 Å². The fourth-order valence-corrected chi connectivity index (χ4v) is 4.33. The average Bonchev–Trinajstić information content (AvgIpc) is 3.18. The van der Waals surface area contributed by atoms with Gasteiger partial charge in [-0.05, 0) is 55.2 Å². The lowest BCUT2D eigenvalue weighted by Crippen LogP contribution is -2.10. The molecule has 134 valence electrons. The Morgan fingerprint density at radius 1 is 1.31 bits per heavy atom. The first kappa shape index (κ1) is 16.8. The molecule has 0 N–H and O–H groups in total. The smallest absolute Gasteiger partial charge is 0.348 e. The van der Waals surface area contributed by atoms with Crippen LogP contribution in [-0.2, 0) is 24.6 Å². The van der Waals surface area contributed by atoms with E-state index in [2.05, 4.69) is 5.10 Å². The molecule has 4 rings (SSSR count). The molecule has 26 heavy (non-hydrogen) atoms. The summed E-state index contributed by atoms with van der Waals surface area (Å²) in [6, 6.07) is 5.82. The van der Waals surface area contributed by atoms with Crippen LogP contribution in [0.2, 0.25) is 0 Å². The molecular formula is C19H17FN2O3S. The van der Waals surface area contributed by atoms with Crippen molar-refractivity contribution in [3.05, 3.63) is 52.3 Å². The topological polar surface area (TPSA) is 53.4 Å². The molecule has 0 fully saturated rings. The van der Waals surface area contributed by atoms with Crippen LogP contribution in [0.1, 0.15) is 27.7 Å². The highest BCUT2D eigenvalue weighted by molar-refractivity contribution is 7.16. The second-order valence-corrected chi connectivity index (χ2v) is 6.97. The molecule has 1 aliphatic rings. The predicted octanol–water partition coefficient (Wildman–Crippen LogP) is 4.36. The summed E-state index contributed by atoms with van der Waals surface area (Å²) in [6.45, 7) is 2.10. The van der Waals surface area contributed by atoms with Crippen LogP contribution in [0.4, 0.5) is 4.39 Å². The van der Waals surface area contributed by atoms with Crippen molar-refractivity contribution in [3.63, 3.8) is 0 Å². The van der Waals surface area contributed by atoms with Crippen LogP contribution in [0.3, 0.4) is 0 Å². The van der Waals surface area contributed by atoms with Crippen molar-refractivity contribution in [2.75, 3.05) is 6.61 Å². The summed E-state index contributed by atoms with van der Waals surface area (Å²) in [6.07, 6.45) is 3.39. The lowest BCUT2D eigenvalue weighted by Gasteiger charge is -2.16. The monoisotopic (exact) mass is 372 g/mol. The number of hydrogen-bond acceptors (Lipinski definition) is 5. The van der Waals surface area contributed by atoms with Crippen LogP contribution in [0.5, 0.6) is 10.8 Å². The SMILES string of the molecule is CCOC(=O)c1sc(Oc2ccc(F)cc2)c2c1CCc1cnn(C)c1-2. The Kier molecular flexibility index (Phi) is 4.24. The van der Waals surface area contributed by atoms with E-state index in [1.165, 1.54) is 23.5 Å². The van der Waals surface area contributed by atoms with Gasteiger partial charge in [0, 0.05) is 7.05 Å². The van der Waals surface area contributed by atoms with Crippen molar-refractivity contribution in [2.24, 2.45) is 7.05 Å². The summed E-state index contributed by atoms with van der Waals surface area (Å²) in [5, 5.41) is 4.94. The average molecular weight is 372 g/mol. The number of thiophene rings is 1. The molecule has 2 aromatic heterocycles. The fraction of sp³-hybridized carbons (Fsp3) is 0.263. The number of nitrogens with zero attached hydrogens (tertiary/aromatic N) is 2. The van der Waals surface area contributed by atoms with Gasteiger partial charge < -0.3 is 9.47 Å². The van der Waals surface area contributed by atoms with Gasteiger partial charge in [-0.1, -0.05) is 11.3 Å². The summed E-state index contributed by atoms with van der Waals surface area (Å²) >= 11 is 1.27. The van der Waals surface area contributed by atoms with Crippen LogP contribution in [0, 0.1) is 5.82 Å². The zero-order valence-corrected chi connectivity index (χ0v) is 15.2. The van der Waals surface area contributed by atoms with Crippen LogP contribution in [-0.4, -0.2) is 22.4 Å². The van der Waals surface area contributed by atoms with Crippen LogP contribution in [0.25, 0.3) is 11.3 Å². The van der Waals surface area contributed by atoms with Gasteiger partial charge >= 0.3 is 5.97 Å². The van der Waals surface area contributed by atoms with Gasteiger partial charge in [-0.3, -0.25) is 4.68 Å². The number of aromatic nitrogens is 2. The van der Waals surface area contributed by atoms with Crippen LogP contribution >= 0.6 is 11.3 Å². The van der Waals surface area contributed by atoms with E-state index < -0.39 is 0 Å². The lowest BCUT2D eigenvalue weighted by molar-refractivity contribution is 0.0531. The first-order chi connectivity index (χ1) is 12.6. The lowest BCUT2D eigenvalue weighted by atomic mass is 9.91. The Labute approximate surface area is 154 Å². The Hall–Kier alpha value is -2.67. The summed E-state index contributed by atoms with van der Waals surface area (Å²) in [4.78, 5) is 13.0. The maximum Gasteiger partial charge on any atom is 0.348 e. The van der Waals surface area contributed by atoms with Crippen molar-refractivity contribution in [1.29, 1.82) is 0 Å². The fourth-order valence-electron chi connectivity index (χ4n) is 3.21. The van der Waals surface area contributed by atoms with Crippen LogP contribution < -0.4 is 4.74 Å². The molecule has 7 heteroatoms. The third-order valence-corrected chi connectivity index (χ3v) is 5.45. The van der Waals surface area contributed by atoms with E-state index in [4.69, 9.17) is 9.47 Å². The zero-order chi connectivity index (χ0) is 18.3. The normalized spacial score (nSPS) is 12.4. The summed E-state index contributed by atoms with van der Waals surface area (Å²) in [5.41, 5.74) is 3.89. The standard InChI is InChI=1S/C19H17FN2O3S/c1-3-24-18(23)17-14-9-4-11-10-21-22(2)16(11)15(14)19(26-17)25-13-7-5-12(20)6-8-13/h5-8,10H,3-4,9H2,1-2H3. The minimum atomic E-state index is -0.340. The van der Waals surface area contributed by atoms with Crippen molar-refractivity contribution in [2.45, 2.75) is 19.8 Å². The van der Waals surface area contributed by atoms with Gasteiger partial charge in [0.15, 0.2) is 5.06 Å². The molecule has 1 aromatic carbocycles. The summed E-state index contributed by atoms with van der Waals surface area (Å²) < 4.78 is 26.2. The van der Waals surface area contributed by atoms with Gasteiger partial charge in [-0.25, -0.2) is 9.18 Å². The number of hydrogen-bond donors (Lipinski definition) is 0. The van der Waals surface area contributed by atoms with Crippen molar-refractivity contribution >= 4 is 17.3 Å². The number of rotatable bonds is 4. The molecular weight excluding hydrogens is 355 g/mol. The molecule has 2 heterocycles. The van der Waals surface area contributed by atoms with Gasteiger partial charge in [0.25, 0.3) is 0 Å². The van der Waals surface area contributed by atoms with E-state index in [1.807, 2.05) is 13.2 Å². The third kappa shape index (κ3) is 2.78. The molecule has 0 aliphatic heterocycles. The Morgan fingerprint density at radius 2 is 2.08 bits per heavy atom. The first-order valence-corrected chi connectivity index (χ1v) is 9.17. The Morgan fingerprint density at radius 3 is 2.81 bits per heavy atom. The van der Waals surface area contributed by atoms with Crippen molar-refractivity contribution in [3.8, 4) is 22.1 Å². The van der Waals surface area contributed by atoms with E-state index in [0.29, 0.717) is 22.3 Å². The summed E-state index contributed by atoms with van der Waals surface area (Å²) in [5.74, 6) is -0.153. The Bertz CT molecular complexity index is 976. The first-order valence-electron chi connectivity index (χ1n) is 8.36. The third-order valence-electron chi connectivity index (χ3n) is 4.36. The molecule has 3 aromatic rings. The number of fused-ring (bicyclic) bond motifs is 3. The molecule has 0 spiro atoms. The molecule has 0 amide bonds. The second-order valence-electron chi connectivity index (χ2n) is 5.99. The molecule has 1 aliphatic carbocycles. The zero-order valence-electron chi connectivity index (χ0n) is 14.4. The highest BCUT2D eigenvalue weighted by Gasteiger charge is 2.32. The second kappa shape index (κ2) is 6.57. The van der Waals surface area contributed by atoms with Gasteiger partial charge in [0.1, 0.15) is 16.4 Å². The maximum absolute atomic E-state index is 13.2. The minimum absolute atomic E-state index is 0.316. The van der Waals surface area contributed by atoms with E-state index in [0.717, 1.165) is 35.2 Å². The van der Waals surface area contributed by atoms with Crippen molar-refractivity contribution in [1.82, 2.24) is 9.78 Å². The quantitative estimate of drug-likeness (QED) is 0.639. The van der Waals surface area contributed by atoms with Gasteiger partial charge in [-0.2, -0.15) is 5.10 Å². The highest BCUT2D eigenvalue weighted by atomic mass is 32.1. The number of carbonyl (C=O) groups excluding carboxylic acids is 1. The Balaban J connectivity index is 1.84. The largest absolute Gasteiger partial charge is 0.462 e. The predicted molar refractivity (Wildman–Crippen MR) is 96.4 cm³/mol. The summed E-state index contributed by atoms with van der Waals surface area (Å²) in [7, 11) is 1.87. The van der Waals surface area contributed by atoms with E-state index in [1.54, 1.807) is 23.7 Å². The molecule has 0 radical (unpaired) electrons. The molecule has 0 unspecified atom stereocenters. The number of aryl methyl sites for hydroxylation is 2. The van der Waals surface area contributed by atoms with E-state index in [9.17, 15) is 9.18 Å². The van der Waals surface area contributed by atoms with Gasteiger partial charge in [0.2, 0.25) is 0 Å². The molecule has 0 saturated carbocycles. The molecule has 5 nitrogen and oxygen atoms in total. The number of carbonyl (C=O) groups is 1. The number of benzene rings is 1. The van der Waals surface area contributed by atoms with E-state index >= 15 is 0 Å². The van der Waals surface area contributed by atoms with E-state index in [-0.39, 0.29) is 11.8 Å². The minimum Gasteiger partial charge on any atom is -0.462 e. The van der Waals surface area contributed by atoms with Crippen LogP contribution in [0.15, 0.2) is 30.5 Å². The molecule has 0 saturated heterocycles. The van der Waals surface area contributed by atoms with Gasteiger partial charge in [-0.15, -0.1) is 0 Å². The van der Waals surface area contributed by atoms with Gasteiger partial charge in [0.05, 0.1) is 24.1 Å². The molecule has 0 bridgehead atoms.